The molecule has 0 radical (unpaired) electrons. The molecule has 0 bridgehead atoms. The fourth-order valence-electron chi connectivity index (χ4n) is 1.83. The summed E-state index contributed by atoms with van der Waals surface area (Å²) in [6.45, 7) is 0.560. The van der Waals surface area contributed by atoms with Crippen molar-refractivity contribution in [2.45, 2.75) is 5.92 Å². The molecular weight excluding hydrogens is 236 g/mol. The Morgan fingerprint density at radius 3 is 2.89 bits per heavy atom. The number of carbonyl (C=O) groups is 2. The maximum absolute atomic E-state index is 11.3. The quantitative estimate of drug-likeness (QED) is 0.728. The van der Waals surface area contributed by atoms with Gasteiger partial charge in [-0.3, -0.25) is 4.79 Å². The van der Waals surface area contributed by atoms with Gasteiger partial charge in [0, 0.05) is 18.0 Å². The Bertz CT molecular complexity index is 461. The average Bonchev–Trinajstić information content (AvgIpc) is 2.77. The predicted molar refractivity (Wildman–Crippen MR) is 63.7 cm³/mol. The molecule has 6 nitrogen and oxygen atoms in total. The highest BCUT2D eigenvalue weighted by molar-refractivity contribution is 5.79. The summed E-state index contributed by atoms with van der Waals surface area (Å²) in [5.41, 5.74) is 1.07. The third-order valence-electron chi connectivity index (χ3n) is 2.71. The lowest BCUT2D eigenvalue weighted by atomic mass is 10.0. The van der Waals surface area contributed by atoms with E-state index in [0.717, 1.165) is 11.3 Å². The first-order chi connectivity index (χ1) is 8.66. The van der Waals surface area contributed by atoms with Gasteiger partial charge in [0.25, 0.3) is 0 Å². The number of nitrogens with one attached hydrogen (secondary N) is 2. The van der Waals surface area contributed by atoms with Gasteiger partial charge < -0.3 is 20.5 Å². The van der Waals surface area contributed by atoms with Gasteiger partial charge in [0.1, 0.15) is 12.3 Å². The fraction of sp³-hybridized carbons (Fsp3) is 0.333. The first kappa shape index (κ1) is 12.2. The van der Waals surface area contributed by atoms with E-state index < -0.39 is 12.0 Å². The van der Waals surface area contributed by atoms with Crippen LogP contribution in [-0.4, -0.2) is 36.8 Å². The third-order valence-corrected chi connectivity index (χ3v) is 2.71. The zero-order chi connectivity index (χ0) is 13.0. The maximum atomic E-state index is 11.3. The minimum Gasteiger partial charge on any atom is -0.493 e. The molecule has 0 fully saturated rings. The van der Waals surface area contributed by atoms with E-state index in [1.807, 2.05) is 24.3 Å². The number of ether oxygens (including phenoxy) is 1. The van der Waals surface area contributed by atoms with Crippen LogP contribution in [-0.2, 0) is 4.79 Å². The van der Waals surface area contributed by atoms with Crippen molar-refractivity contribution in [1.82, 2.24) is 10.6 Å². The Kier molecular flexibility index (Phi) is 3.66. The molecule has 2 rings (SSSR count). The van der Waals surface area contributed by atoms with Crippen molar-refractivity contribution in [2.75, 3.05) is 19.7 Å². The molecule has 1 heterocycles. The number of urea groups is 1. The summed E-state index contributed by atoms with van der Waals surface area (Å²) < 4.78 is 5.48. The molecule has 0 aromatic heterocycles. The fourth-order valence-corrected chi connectivity index (χ4v) is 1.83. The third kappa shape index (κ3) is 2.91. The molecule has 1 atom stereocenters. The number of benzene rings is 1. The van der Waals surface area contributed by atoms with Gasteiger partial charge in [-0.2, -0.15) is 0 Å². The Morgan fingerprint density at radius 1 is 1.33 bits per heavy atom. The van der Waals surface area contributed by atoms with E-state index in [1.54, 1.807) is 0 Å². The van der Waals surface area contributed by atoms with Crippen molar-refractivity contribution in [1.29, 1.82) is 0 Å². The van der Waals surface area contributed by atoms with Crippen LogP contribution in [0.1, 0.15) is 11.5 Å². The van der Waals surface area contributed by atoms with Crippen molar-refractivity contribution in [2.24, 2.45) is 0 Å². The summed E-state index contributed by atoms with van der Waals surface area (Å²) in [6.07, 6.45) is 0. The van der Waals surface area contributed by atoms with Crippen LogP contribution in [0.2, 0.25) is 0 Å². The van der Waals surface area contributed by atoms with Crippen LogP contribution in [0.25, 0.3) is 0 Å². The number of carboxylic acids is 1. The molecule has 0 saturated carbocycles. The number of carbonyl (C=O) groups excluding carboxylic acids is 1. The molecule has 0 spiro atoms. The summed E-state index contributed by atoms with van der Waals surface area (Å²) in [6, 6.07) is 7.19. The number of carboxylic acid groups (broad SMARTS) is 1. The van der Waals surface area contributed by atoms with E-state index in [-0.39, 0.29) is 12.5 Å². The molecule has 0 saturated heterocycles. The molecule has 2 amide bonds. The van der Waals surface area contributed by atoms with Crippen molar-refractivity contribution < 1.29 is 19.4 Å². The van der Waals surface area contributed by atoms with E-state index >= 15 is 0 Å². The van der Waals surface area contributed by atoms with Gasteiger partial charge in [0.2, 0.25) is 0 Å². The summed E-state index contributed by atoms with van der Waals surface area (Å²) in [4.78, 5) is 21.6. The van der Waals surface area contributed by atoms with Crippen LogP contribution >= 0.6 is 0 Å². The van der Waals surface area contributed by atoms with Crippen LogP contribution < -0.4 is 15.4 Å². The lowest BCUT2D eigenvalue weighted by Gasteiger charge is -2.10. The van der Waals surface area contributed by atoms with Gasteiger partial charge in [-0.05, 0) is 6.07 Å². The number of hydrogen-bond acceptors (Lipinski definition) is 3. The Balaban J connectivity index is 1.82. The predicted octanol–water partition coefficient (Wildman–Crippen LogP) is 0.546. The van der Waals surface area contributed by atoms with Crippen molar-refractivity contribution in [3.8, 4) is 5.75 Å². The van der Waals surface area contributed by atoms with Crippen LogP contribution in [0.4, 0.5) is 4.79 Å². The zero-order valence-corrected chi connectivity index (χ0v) is 9.68. The number of amides is 2. The van der Waals surface area contributed by atoms with E-state index in [1.165, 1.54) is 0 Å². The lowest BCUT2D eigenvalue weighted by Crippen LogP contribution is -2.40. The highest BCUT2D eigenvalue weighted by Gasteiger charge is 2.23. The molecule has 96 valence electrons. The van der Waals surface area contributed by atoms with E-state index in [9.17, 15) is 9.59 Å². The lowest BCUT2D eigenvalue weighted by molar-refractivity contribution is -0.135. The standard InChI is InChI=1S/C12H14N2O4/c15-11(16)6-14-12(17)13-5-8-7-18-10-4-2-1-3-9(8)10/h1-4,8H,5-7H2,(H,15,16)(H2,13,14,17). The molecule has 1 aromatic rings. The van der Waals surface area contributed by atoms with Crippen LogP contribution in [0, 0.1) is 0 Å². The zero-order valence-electron chi connectivity index (χ0n) is 9.68. The molecule has 1 aliphatic rings. The molecule has 6 heteroatoms. The number of aliphatic carboxylic acids is 1. The minimum atomic E-state index is -1.07. The first-order valence-electron chi connectivity index (χ1n) is 5.62. The SMILES string of the molecule is O=C(O)CNC(=O)NCC1COc2ccccc21. The van der Waals surface area contributed by atoms with Crippen LogP contribution in [0.15, 0.2) is 24.3 Å². The summed E-state index contributed by atoms with van der Waals surface area (Å²) in [5.74, 6) is -0.119. The topological polar surface area (TPSA) is 87.7 Å². The Hall–Kier alpha value is -2.24. The molecule has 3 N–H and O–H groups in total. The summed E-state index contributed by atoms with van der Waals surface area (Å²) in [5, 5.41) is 13.3. The van der Waals surface area contributed by atoms with Gasteiger partial charge >= 0.3 is 12.0 Å². The summed E-state index contributed by atoms with van der Waals surface area (Å²) >= 11 is 0. The molecule has 18 heavy (non-hydrogen) atoms. The highest BCUT2D eigenvalue weighted by Crippen LogP contribution is 2.32. The van der Waals surface area contributed by atoms with Gasteiger partial charge in [0.05, 0.1) is 6.61 Å². The number of rotatable bonds is 4. The molecule has 1 unspecified atom stereocenters. The van der Waals surface area contributed by atoms with E-state index in [0.29, 0.717) is 13.2 Å². The smallest absolute Gasteiger partial charge is 0.323 e. The van der Waals surface area contributed by atoms with Crippen molar-refractivity contribution in [3.63, 3.8) is 0 Å². The van der Waals surface area contributed by atoms with Gasteiger partial charge in [-0.25, -0.2) is 4.79 Å². The van der Waals surface area contributed by atoms with Crippen molar-refractivity contribution in [3.05, 3.63) is 29.8 Å². The van der Waals surface area contributed by atoms with Crippen molar-refractivity contribution >= 4 is 12.0 Å². The van der Waals surface area contributed by atoms with Crippen LogP contribution in [0.3, 0.4) is 0 Å². The first-order valence-corrected chi connectivity index (χ1v) is 5.62. The maximum Gasteiger partial charge on any atom is 0.323 e. The largest absolute Gasteiger partial charge is 0.493 e. The second kappa shape index (κ2) is 5.39. The second-order valence-corrected chi connectivity index (χ2v) is 4.00. The van der Waals surface area contributed by atoms with Gasteiger partial charge in [-0.1, -0.05) is 18.2 Å². The average molecular weight is 250 g/mol. The number of para-hydroxylation sites is 1. The van der Waals surface area contributed by atoms with E-state index in [4.69, 9.17) is 9.84 Å². The summed E-state index contributed by atoms with van der Waals surface area (Å²) in [7, 11) is 0. The Morgan fingerprint density at radius 2 is 2.11 bits per heavy atom. The van der Waals surface area contributed by atoms with Gasteiger partial charge in [-0.15, -0.1) is 0 Å². The normalized spacial score (nSPS) is 16.6. The second-order valence-electron chi connectivity index (χ2n) is 4.00. The molecular formula is C12H14N2O4. The van der Waals surface area contributed by atoms with Crippen LogP contribution in [0.5, 0.6) is 5.75 Å². The van der Waals surface area contributed by atoms with E-state index in [2.05, 4.69) is 10.6 Å². The number of hydrogen-bond donors (Lipinski definition) is 3. The molecule has 1 aromatic carbocycles. The van der Waals surface area contributed by atoms with Gasteiger partial charge in [0.15, 0.2) is 0 Å². The number of fused-ring (bicyclic) bond motifs is 1. The Labute approximate surface area is 104 Å². The highest BCUT2D eigenvalue weighted by atomic mass is 16.5. The molecule has 1 aliphatic heterocycles. The molecule has 0 aliphatic carbocycles. The monoisotopic (exact) mass is 250 g/mol. The minimum absolute atomic E-state index is 0.108.